The second-order valence-electron chi connectivity index (χ2n) is 7.35. The monoisotopic (exact) mass is 430 g/mol. The van der Waals surface area contributed by atoms with Crippen molar-refractivity contribution in [1.82, 2.24) is 0 Å². The van der Waals surface area contributed by atoms with Crippen molar-refractivity contribution in [2.75, 3.05) is 0 Å². The standard InChI is InChI=1S/C26H22O4S/c1-17(2)21-10-6-7-11-24(21)31-25-22(27)16-23(30-26(25)28)18-12-14-20(15-13-18)29-19-8-4-3-5-9-19/h3-17,27H,1-2H3. The summed E-state index contributed by atoms with van der Waals surface area (Å²) < 4.78 is 11.3. The van der Waals surface area contributed by atoms with Crippen LogP contribution in [-0.2, 0) is 0 Å². The zero-order valence-corrected chi connectivity index (χ0v) is 18.1. The molecule has 5 heteroatoms. The molecule has 4 nitrogen and oxygen atoms in total. The van der Waals surface area contributed by atoms with Crippen LogP contribution in [0.3, 0.4) is 0 Å². The fourth-order valence-corrected chi connectivity index (χ4v) is 4.26. The van der Waals surface area contributed by atoms with E-state index in [-0.39, 0.29) is 10.6 Å². The summed E-state index contributed by atoms with van der Waals surface area (Å²) in [6.45, 7) is 4.19. The average molecular weight is 431 g/mol. The first kappa shape index (κ1) is 20.8. The minimum atomic E-state index is -0.567. The maximum absolute atomic E-state index is 12.7. The molecule has 1 N–H and O–H groups in total. The molecule has 0 aliphatic rings. The van der Waals surface area contributed by atoms with Crippen molar-refractivity contribution in [3.63, 3.8) is 0 Å². The molecule has 0 unspecified atom stereocenters. The summed E-state index contributed by atoms with van der Waals surface area (Å²) in [5.41, 5.74) is 1.22. The Bertz CT molecular complexity index is 1230. The normalized spacial score (nSPS) is 10.9. The van der Waals surface area contributed by atoms with E-state index in [0.717, 1.165) is 16.2 Å². The number of rotatable bonds is 6. The van der Waals surface area contributed by atoms with Gasteiger partial charge < -0.3 is 14.3 Å². The highest BCUT2D eigenvalue weighted by atomic mass is 32.2. The molecule has 0 aliphatic carbocycles. The van der Waals surface area contributed by atoms with Crippen molar-refractivity contribution < 1.29 is 14.3 Å². The van der Waals surface area contributed by atoms with Gasteiger partial charge in [0.1, 0.15) is 27.9 Å². The van der Waals surface area contributed by atoms with Crippen molar-refractivity contribution in [1.29, 1.82) is 0 Å². The van der Waals surface area contributed by atoms with Crippen molar-refractivity contribution in [3.8, 4) is 28.6 Å². The predicted molar refractivity (Wildman–Crippen MR) is 123 cm³/mol. The van der Waals surface area contributed by atoms with Gasteiger partial charge in [-0.05, 0) is 53.9 Å². The Balaban J connectivity index is 1.58. The van der Waals surface area contributed by atoms with Crippen molar-refractivity contribution in [3.05, 3.63) is 101 Å². The number of aromatic hydroxyl groups is 1. The minimum Gasteiger partial charge on any atom is -0.506 e. The maximum atomic E-state index is 12.7. The zero-order chi connectivity index (χ0) is 21.8. The number of ether oxygens (including phenoxy) is 1. The summed E-state index contributed by atoms with van der Waals surface area (Å²) in [6.07, 6.45) is 0. The smallest absolute Gasteiger partial charge is 0.354 e. The van der Waals surface area contributed by atoms with Gasteiger partial charge >= 0.3 is 5.63 Å². The highest BCUT2D eigenvalue weighted by molar-refractivity contribution is 7.99. The van der Waals surface area contributed by atoms with Crippen LogP contribution in [0.5, 0.6) is 17.2 Å². The molecule has 0 amide bonds. The van der Waals surface area contributed by atoms with Gasteiger partial charge in [-0.15, -0.1) is 0 Å². The van der Waals surface area contributed by atoms with E-state index in [2.05, 4.69) is 13.8 Å². The van der Waals surface area contributed by atoms with Crippen LogP contribution in [-0.4, -0.2) is 5.11 Å². The molecule has 0 saturated heterocycles. The Morgan fingerprint density at radius 1 is 0.871 bits per heavy atom. The molecule has 0 fully saturated rings. The van der Waals surface area contributed by atoms with Gasteiger partial charge in [0.2, 0.25) is 0 Å². The first-order valence-corrected chi connectivity index (χ1v) is 10.8. The molecule has 0 spiro atoms. The van der Waals surface area contributed by atoms with Crippen LogP contribution >= 0.6 is 11.8 Å². The number of benzene rings is 3. The third-order valence-electron chi connectivity index (χ3n) is 4.76. The Morgan fingerprint density at radius 3 is 2.19 bits per heavy atom. The molecule has 156 valence electrons. The Kier molecular flexibility index (Phi) is 6.14. The largest absolute Gasteiger partial charge is 0.506 e. The third-order valence-corrected chi connectivity index (χ3v) is 5.93. The number of hydrogen-bond acceptors (Lipinski definition) is 5. The highest BCUT2D eigenvalue weighted by Crippen LogP contribution is 2.38. The molecular formula is C26H22O4S. The molecule has 0 aliphatic heterocycles. The fraction of sp³-hybridized carbons (Fsp3) is 0.115. The molecule has 0 atom stereocenters. The molecule has 1 heterocycles. The van der Waals surface area contributed by atoms with Crippen molar-refractivity contribution >= 4 is 11.8 Å². The van der Waals surface area contributed by atoms with Crippen LogP contribution in [0, 0.1) is 0 Å². The van der Waals surface area contributed by atoms with Crippen LogP contribution in [0.4, 0.5) is 0 Å². The van der Waals surface area contributed by atoms with Gasteiger partial charge in [0.15, 0.2) is 0 Å². The van der Waals surface area contributed by atoms with Gasteiger partial charge in [-0.25, -0.2) is 4.79 Å². The lowest BCUT2D eigenvalue weighted by Gasteiger charge is -2.12. The van der Waals surface area contributed by atoms with Crippen molar-refractivity contribution in [2.24, 2.45) is 0 Å². The molecule has 0 radical (unpaired) electrons. The molecule has 4 rings (SSSR count). The van der Waals surface area contributed by atoms with Gasteiger partial charge in [-0.3, -0.25) is 0 Å². The minimum absolute atomic E-state index is 0.0978. The summed E-state index contributed by atoms with van der Waals surface area (Å²) in [6, 6.07) is 26.0. The van der Waals surface area contributed by atoms with Crippen LogP contribution in [0.2, 0.25) is 0 Å². The van der Waals surface area contributed by atoms with E-state index >= 15 is 0 Å². The SMILES string of the molecule is CC(C)c1ccccc1Sc1c(O)cc(-c2ccc(Oc3ccccc3)cc2)oc1=O. The second kappa shape index (κ2) is 9.14. The molecule has 4 aromatic rings. The Morgan fingerprint density at radius 2 is 1.52 bits per heavy atom. The zero-order valence-electron chi connectivity index (χ0n) is 17.2. The van der Waals surface area contributed by atoms with E-state index < -0.39 is 5.63 Å². The third kappa shape index (κ3) is 4.84. The van der Waals surface area contributed by atoms with Gasteiger partial charge in [0.25, 0.3) is 0 Å². The summed E-state index contributed by atoms with van der Waals surface area (Å²) in [7, 11) is 0. The highest BCUT2D eigenvalue weighted by Gasteiger charge is 2.16. The van der Waals surface area contributed by atoms with Gasteiger partial charge in [-0.1, -0.05) is 62.0 Å². The van der Waals surface area contributed by atoms with Crippen LogP contribution in [0.15, 0.2) is 104 Å². The summed E-state index contributed by atoms with van der Waals surface area (Å²) in [4.78, 5) is 13.8. The predicted octanol–water partition coefficient (Wildman–Crippen LogP) is 7.08. The Labute approximate surface area is 185 Å². The van der Waals surface area contributed by atoms with Crippen LogP contribution in [0.25, 0.3) is 11.3 Å². The first-order chi connectivity index (χ1) is 15.0. The van der Waals surface area contributed by atoms with Crippen LogP contribution < -0.4 is 10.4 Å². The second-order valence-corrected chi connectivity index (χ2v) is 8.40. The number of para-hydroxylation sites is 1. The molecule has 31 heavy (non-hydrogen) atoms. The fourth-order valence-electron chi connectivity index (χ4n) is 3.18. The summed E-state index contributed by atoms with van der Waals surface area (Å²) >= 11 is 1.23. The van der Waals surface area contributed by atoms with E-state index in [1.165, 1.54) is 17.8 Å². The Hall–Kier alpha value is -3.44. The number of hydrogen-bond donors (Lipinski definition) is 1. The van der Waals surface area contributed by atoms with E-state index in [1.807, 2.05) is 54.6 Å². The summed E-state index contributed by atoms with van der Waals surface area (Å²) in [5, 5.41) is 10.6. The molecular weight excluding hydrogens is 408 g/mol. The maximum Gasteiger partial charge on any atom is 0.354 e. The topological polar surface area (TPSA) is 59.7 Å². The molecule has 0 bridgehead atoms. The average Bonchev–Trinajstić information content (AvgIpc) is 2.77. The van der Waals surface area contributed by atoms with Gasteiger partial charge in [0, 0.05) is 16.5 Å². The van der Waals surface area contributed by atoms with E-state index in [1.54, 1.807) is 24.3 Å². The van der Waals surface area contributed by atoms with E-state index in [9.17, 15) is 9.90 Å². The van der Waals surface area contributed by atoms with Crippen molar-refractivity contribution in [2.45, 2.75) is 29.6 Å². The van der Waals surface area contributed by atoms with Gasteiger partial charge in [0.05, 0.1) is 0 Å². The lowest BCUT2D eigenvalue weighted by atomic mass is 10.0. The first-order valence-electron chi connectivity index (χ1n) is 9.98. The molecule has 0 saturated carbocycles. The lowest BCUT2D eigenvalue weighted by molar-refractivity contribution is 0.430. The summed E-state index contributed by atoms with van der Waals surface area (Å²) in [5.74, 6) is 1.91. The molecule has 1 aromatic heterocycles. The quantitative estimate of drug-likeness (QED) is 0.354. The van der Waals surface area contributed by atoms with Gasteiger partial charge in [-0.2, -0.15) is 0 Å². The van der Waals surface area contributed by atoms with E-state index in [4.69, 9.17) is 9.15 Å². The lowest BCUT2D eigenvalue weighted by Crippen LogP contribution is -2.03. The van der Waals surface area contributed by atoms with Crippen LogP contribution in [0.1, 0.15) is 25.3 Å². The molecule has 3 aromatic carbocycles. The van der Waals surface area contributed by atoms with E-state index in [0.29, 0.717) is 23.0 Å².